The topological polar surface area (TPSA) is 62.3 Å². The fraction of sp³-hybridized carbons (Fsp3) is 0.412. The molecule has 0 radical (unpaired) electrons. The fourth-order valence-electron chi connectivity index (χ4n) is 2.89. The Morgan fingerprint density at radius 1 is 1.33 bits per heavy atom. The van der Waals surface area contributed by atoms with Gasteiger partial charge in [0.25, 0.3) is 5.56 Å². The number of rotatable bonds is 4. The number of aromatic amines is 1. The van der Waals surface area contributed by atoms with Crippen molar-refractivity contribution < 1.29 is 4.74 Å². The van der Waals surface area contributed by atoms with Crippen molar-refractivity contribution in [1.82, 2.24) is 14.5 Å². The molecule has 128 valence electrons. The highest BCUT2D eigenvalue weighted by atomic mass is 32.1. The number of anilines is 1. The lowest BCUT2D eigenvalue weighted by Crippen LogP contribution is -2.43. The monoisotopic (exact) mass is 346 g/mol. The predicted molar refractivity (Wildman–Crippen MR) is 97.6 cm³/mol. The lowest BCUT2D eigenvalue weighted by Gasteiger charge is -2.34. The van der Waals surface area contributed by atoms with Crippen LogP contribution in [0.1, 0.15) is 25.8 Å². The molecule has 0 aliphatic carbocycles. The van der Waals surface area contributed by atoms with E-state index in [2.05, 4.69) is 29.0 Å². The smallest absolute Gasteiger partial charge is 0.258 e. The first kappa shape index (κ1) is 16.7. The molecule has 1 aromatic carbocycles. The van der Waals surface area contributed by atoms with E-state index in [1.54, 1.807) is 7.11 Å². The molecule has 2 aromatic rings. The van der Waals surface area contributed by atoms with E-state index in [0.717, 1.165) is 23.7 Å². The van der Waals surface area contributed by atoms with Crippen LogP contribution in [-0.4, -0.2) is 34.3 Å². The van der Waals surface area contributed by atoms with Gasteiger partial charge in [-0.15, -0.1) is 0 Å². The molecule has 2 heterocycles. The number of hydrogen-bond acceptors (Lipinski definition) is 5. The molecule has 1 unspecified atom stereocenters. The van der Waals surface area contributed by atoms with Crippen LogP contribution in [0.5, 0.6) is 5.75 Å². The second-order valence-electron chi connectivity index (χ2n) is 5.96. The first-order chi connectivity index (χ1) is 11.5. The van der Waals surface area contributed by atoms with Gasteiger partial charge in [-0.05, 0) is 49.8 Å². The molecule has 1 aliphatic rings. The SMILES string of the molecule is CCC(C)N1CNc2c(c(=O)[nH]c(=S)n2-c2ccc(OC)cc2)C1. The summed E-state index contributed by atoms with van der Waals surface area (Å²) in [5, 5.41) is 3.38. The largest absolute Gasteiger partial charge is 0.497 e. The molecular formula is C17H22N4O2S. The number of benzene rings is 1. The normalized spacial score (nSPS) is 15.5. The number of ether oxygens (including phenoxy) is 1. The van der Waals surface area contributed by atoms with Gasteiger partial charge in [0.15, 0.2) is 4.77 Å². The van der Waals surface area contributed by atoms with Crippen molar-refractivity contribution in [1.29, 1.82) is 0 Å². The van der Waals surface area contributed by atoms with Crippen LogP contribution in [0.4, 0.5) is 5.82 Å². The van der Waals surface area contributed by atoms with Crippen LogP contribution in [0.25, 0.3) is 5.69 Å². The summed E-state index contributed by atoms with van der Waals surface area (Å²) in [6, 6.07) is 8.01. The third kappa shape index (κ3) is 2.97. The van der Waals surface area contributed by atoms with Gasteiger partial charge in [-0.3, -0.25) is 19.2 Å². The third-order valence-electron chi connectivity index (χ3n) is 4.56. The number of nitrogens with one attached hydrogen (secondary N) is 2. The standard InChI is InChI=1S/C17H22N4O2S/c1-4-11(2)20-9-14-15(18-10-20)21(17(24)19-16(14)22)12-5-7-13(23-3)8-6-12/h5-8,11,18H,4,9-10H2,1-3H3,(H,19,22,24). The molecule has 2 N–H and O–H groups in total. The Labute approximate surface area is 146 Å². The molecule has 0 bridgehead atoms. The van der Waals surface area contributed by atoms with E-state index in [1.165, 1.54) is 0 Å². The van der Waals surface area contributed by atoms with Gasteiger partial charge in [0.2, 0.25) is 0 Å². The van der Waals surface area contributed by atoms with E-state index >= 15 is 0 Å². The highest BCUT2D eigenvalue weighted by Crippen LogP contribution is 2.25. The summed E-state index contributed by atoms with van der Waals surface area (Å²) in [5.41, 5.74) is 1.48. The first-order valence-corrected chi connectivity index (χ1v) is 8.46. The van der Waals surface area contributed by atoms with E-state index in [1.807, 2.05) is 28.8 Å². The highest BCUT2D eigenvalue weighted by molar-refractivity contribution is 7.71. The molecule has 6 nitrogen and oxygen atoms in total. The van der Waals surface area contributed by atoms with Crippen LogP contribution < -0.4 is 15.6 Å². The molecule has 1 atom stereocenters. The summed E-state index contributed by atoms with van der Waals surface area (Å²) in [6.07, 6.45) is 1.03. The zero-order valence-electron chi connectivity index (χ0n) is 14.1. The zero-order valence-corrected chi connectivity index (χ0v) is 14.9. The molecule has 0 fully saturated rings. The molecule has 0 spiro atoms. The molecule has 7 heteroatoms. The maximum atomic E-state index is 12.4. The molecule has 0 amide bonds. The van der Waals surface area contributed by atoms with Gasteiger partial charge < -0.3 is 10.1 Å². The Kier molecular flexibility index (Phi) is 4.73. The Morgan fingerprint density at radius 2 is 2.04 bits per heavy atom. The van der Waals surface area contributed by atoms with Crippen LogP contribution in [0.3, 0.4) is 0 Å². The molecule has 0 saturated carbocycles. The Bertz CT molecular complexity index is 841. The van der Waals surface area contributed by atoms with Crippen molar-refractivity contribution in [3.05, 3.63) is 45.0 Å². The van der Waals surface area contributed by atoms with Crippen LogP contribution in [-0.2, 0) is 6.54 Å². The summed E-state index contributed by atoms with van der Waals surface area (Å²) >= 11 is 5.39. The number of hydrogen-bond donors (Lipinski definition) is 2. The Balaban J connectivity index is 2.09. The van der Waals surface area contributed by atoms with Crippen molar-refractivity contribution in [2.45, 2.75) is 32.9 Å². The second kappa shape index (κ2) is 6.78. The van der Waals surface area contributed by atoms with Crippen molar-refractivity contribution in [3.63, 3.8) is 0 Å². The Hall–Kier alpha value is -2.12. The van der Waals surface area contributed by atoms with Crippen molar-refractivity contribution >= 4 is 18.0 Å². The van der Waals surface area contributed by atoms with E-state index < -0.39 is 0 Å². The third-order valence-corrected chi connectivity index (χ3v) is 4.85. The average Bonchev–Trinajstić information content (AvgIpc) is 2.61. The maximum absolute atomic E-state index is 12.4. The van der Waals surface area contributed by atoms with E-state index in [9.17, 15) is 4.79 Å². The summed E-state index contributed by atoms with van der Waals surface area (Å²) in [6.45, 7) is 5.61. The van der Waals surface area contributed by atoms with Crippen LogP contribution >= 0.6 is 12.2 Å². The van der Waals surface area contributed by atoms with Crippen LogP contribution in [0.2, 0.25) is 0 Å². The molecular weight excluding hydrogens is 324 g/mol. The minimum Gasteiger partial charge on any atom is -0.497 e. The quantitative estimate of drug-likeness (QED) is 0.834. The van der Waals surface area contributed by atoms with Gasteiger partial charge in [-0.25, -0.2) is 0 Å². The summed E-state index contributed by atoms with van der Waals surface area (Å²) in [5.74, 6) is 1.55. The van der Waals surface area contributed by atoms with Gasteiger partial charge in [0.1, 0.15) is 11.6 Å². The number of H-pyrrole nitrogens is 1. The maximum Gasteiger partial charge on any atom is 0.258 e. The second-order valence-corrected chi connectivity index (χ2v) is 6.35. The number of nitrogens with zero attached hydrogens (tertiary/aromatic N) is 2. The minimum atomic E-state index is -0.125. The first-order valence-electron chi connectivity index (χ1n) is 8.05. The summed E-state index contributed by atoms with van der Waals surface area (Å²) < 4.78 is 7.46. The van der Waals surface area contributed by atoms with Crippen LogP contribution in [0.15, 0.2) is 29.1 Å². The molecule has 1 aromatic heterocycles. The number of fused-ring (bicyclic) bond motifs is 1. The van der Waals surface area contributed by atoms with Crippen molar-refractivity contribution in [3.8, 4) is 11.4 Å². The highest BCUT2D eigenvalue weighted by Gasteiger charge is 2.24. The lowest BCUT2D eigenvalue weighted by molar-refractivity contribution is 0.200. The van der Waals surface area contributed by atoms with E-state index in [4.69, 9.17) is 17.0 Å². The minimum absolute atomic E-state index is 0.125. The zero-order chi connectivity index (χ0) is 17.3. The molecule has 3 rings (SSSR count). The average molecular weight is 346 g/mol. The Morgan fingerprint density at radius 3 is 2.67 bits per heavy atom. The fourth-order valence-corrected chi connectivity index (χ4v) is 3.18. The van der Waals surface area contributed by atoms with E-state index in [0.29, 0.717) is 29.6 Å². The summed E-state index contributed by atoms with van der Waals surface area (Å²) in [7, 11) is 1.63. The number of methoxy groups -OCH3 is 1. The number of aromatic nitrogens is 2. The van der Waals surface area contributed by atoms with Gasteiger partial charge in [-0.1, -0.05) is 6.92 Å². The van der Waals surface area contributed by atoms with Crippen molar-refractivity contribution in [2.24, 2.45) is 0 Å². The van der Waals surface area contributed by atoms with Gasteiger partial charge in [0, 0.05) is 12.6 Å². The van der Waals surface area contributed by atoms with E-state index in [-0.39, 0.29) is 5.56 Å². The summed E-state index contributed by atoms with van der Waals surface area (Å²) in [4.78, 5) is 17.4. The lowest BCUT2D eigenvalue weighted by atomic mass is 10.1. The van der Waals surface area contributed by atoms with Gasteiger partial charge in [0.05, 0.1) is 25.0 Å². The van der Waals surface area contributed by atoms with Crippen molar-refractivity contribution in [2.75, 3.05) is 19.1 Å². The van der Waals surface area contributed by atoms with Gasteiger partial charge >= 0.3 is 0 Å². The predicted octanol–water partition coefficient (Wildman–Crippen LogP) is 2.89. The molecule has 0 saturated heterocycles. The van der Waals surface area contributed by atoms with Gasteiger partial charge in [-0.2, -0.15) is 0 Å². The molecule has 1 aliphatic heterocycles. The molecule has 24 heavy (non-hydrogen) atoms. The van der Waals surface area contributed by atoms with Crippen LogP contribution in [0, 0.1) is 4.77 Å².